The molecule has 1 aromatic rings. The molecule has 0 spiro atoms. The Morgan fingerprint density at radius 2 is 2.29 bits per heavy atom. The summed E-state index contributed by atoms with van der Waals surface area (Å²) in [6, 6.07) is 0. The Morgan fingerprint density at radius 1 is 1.59 bits per heavy atom. The molecule has 1 rings (SSSR count). The minimum atomic E-state index is -0.338. The third kappa shape index (κ3) is 4.14. The van der Waals surface area contributed by atoms with Crippen LogP contribution in [0.3, 0.4) is 0 Å². The second-order valence-electron chi connectivity index (χ2n) is 3.70. The summed E-state index contributed by atoms with van der Waals surface area (Å²) in [4.78, 5) is 26.8. The van der Waals surface area contributed by atoms with E-state index in [2.05, 4.69) is 15.0 Å². The Kier molecular flexibility index (Phi) is 5.09. The predicted molar refractivity (Wildman–Crippen MR) is 65.9 cm³/mol. The molecule has 6 heteroatoms. The van der Waals surface area contributed by atoms with E-state index in [1.54, 1.807) is 5.38 Å². The van der Waals surface area contributed by atoms with Crippen molar-refractivity contribution in [2.45, 2.75) is 26.7 Å². The molecule has 94 valence electrons. The Morgan fingerprint density at radius 3 is 2.88 bits per heavy atom. The average Bonchev–Trinajstić information content (AvgIpc) is 2.75. The highest BCUT2D eigenvalue weighted by Crippen LogP contribution is 2.17. The van der Waals surface area contributed by atoms with Crippen molar-refractivity contribution in [3.8, 4) is 0 Å². The van der Waals surface area contributed by atoms with Crippen LogP contribution in [0.25, 0.3) is 0 Å². The van der Waals surface area contributed by atoms with E-state index in [9.17, 15) is 9.59 Å². The van der Waals surface area contributed by atoms with E-state index in [1.807, 2.05) is 13.8 Å². The molecule has 0 aliphatic carbocycles. The molecule has 1 atom stereocenters. The Hall–Kier alpha value is -1.43. The predicted octanol–water partition coefficient (Wildman–Crippen LogP) is 1.84. The largest absolute Gasteiger partial charge is 0.469 e. The molecule has 1 heterocycles. The number of carbonyl (C=O) groups is 2. The van der Waals surface area contributed by atoms with Gasteiger partial charge >= 0.3 is 5.97 Å². The fraction of sp³-hybridized carbons (Fsp3) is 0.545. The second kappa shape index (κ2) is 6.34. The third-order valence-electron chi connectivity index (χ3n) is 2.39. The number of hydrogen-bond donors (Lipinski definition) is 1. The topological polar surface area (TPSA) is 68.3 Å². The molecule has 0 saturated carbocycles. The van der Waals surface area contributed by atoms with Crippen molar-refractivity contribution in [1.82, 2.24) is 4.98 Å². The maximum atomic E-state index is 11.6. The van der Waals surface area contributed by atoms with Crippen LogP contribution in [-0.2, 0) is 20.7 Å². The fourth-order valence-corrected chi connectivity index (χ4v) is 1.79. The van der Waals surface area contributed by atoms with E-state index in [1.165, 1.54) is 18.4 Å². The number of rotatable bonds is 5. The van der Waals surface area contributed by atoms with Crippen LogP contribution in [0.15, 0.2) is 5.38 Å². The number of aromatic nitrogens is 1. The van der Waals surface area contributed by atoms with Gasteiger partial charge in [0.1, 0.15) is 0 Å². The van der Waals surface area contributed by atoms with E-state index >= 15 is 0 Å². The zero-order valence-corrected chi connectivity index (χ0v) is 11.0. The van der Waals surface area contributed by atoms with E-state index < -0.39 is 0 Å². The van der Waals surface area contributed by atoms with E-state index in [4.69, 9.17) is 0 Å². The Balaban J connectivity index is 2.56. The van der Waals surface area contributed by atoms with Gasteiger partial charge in [-0.25, -0.2) is 4.98 Å². The number of anilines is 1. The molecule has 0 radical (unpaired) electrons. The minimum absolute atomic E-state index is 0.0389. The maximum Gasteiger partial charge on any atom is 0.311 e. The fourth-order valence-electron chi connectivity index (χ4n) is 1.08. The standard InChI is InChI=1S/C11H16N2O3S/c1-4-7(2)10(15)13-11-12-8(6-17-11)5-9(14)16-3/h6-7H,4-5H2,1-3H3,(H,12,13,15). The lowest BCUT2D eigenvalue weighted by molar-refractivity contribution is -0.139. The van der Waals surface area contributed by atoms with Crippen LogP contribution >= 0.6 is 11.3 Å². The first-order chi connectivity index (χ1) is 8.06. The lowest BCUT2D eigenvalue weighted by atomic mass is 10.1. The van der Waals surface area contributed by atoms with Gasteiger partial charge in [-0.3, -0.25) is 9.59 Å². The summed E-state index contributed by atoms with van der Waals surface area (Å²) in [6.07, 6.45) is 0.915. The number of nitrogens with one attached hydrogen (secondary N) is 1. The van der Waals surface area contributed by atoms with Crippen molar-refractivity contribution in [3.05, 3.63) is 11.1 Å². The number of methoxy groups -OCH3 is 1. The van der Waals surface area contributed by atoms with Crippen molar-refractivity contribution in [2.75, 3.05) is 12.4 Å². The summed E-state index contributed by atoms with van der Waals surface area (Å²) >= 11 is 1.31. The summed E-state index contributed by atoms with van der Waals surface area (Å²) in [5.41, 5.74) is 0.612. The van der Waals surface area contributed by atoms with Crippen LogP contribution in [-0.4, -0.2) is 24.0 Å². The summed E-state index contributed by atoms with van der Waals surface area (Å²) < 4.78 is 4.54. The van der Waals surface area contributed by atoms with Crippen molar-refractivity contribution in [2.24, 2.45) is 5.92 Å². The Bertz CT molecular complexity index is 403. The summed E-state index contributed by atoms with van der Waals surface area (Å²) in [7, 11) is 1.33. The normalized spacial score (nSPS) is 11.9. The quantitative estimate of drug-likeness (QED) is 0.816. The van der Waals surface area contributed by atoms with Gasteiger partial charge in [0.25, 0.3) is 0 Å². The van der Waals surface area contributed by atoms with Crippen LogP contribution in [0.2, 0.25) is 0 Å². The molecule has 0 aromatic carbocycles. The van der Waals surface area contributed by atoms with Crippen molar-refractivity contribution < 1.29 is 14.3 Å². The van der Waals surface area contributed by atoms with Crippen molar-refractivity contribution in [3.63, 3.8) is 0 Å². The Labute approximate surface area is 104 Å². The lowest BCUT2D eigenvalue weighted by Gasteiger charge is -2.06. The number of ether oxygens (including phenoxy) is 1. The van der Waals surface area contributed by atoms with Gasteiger partial charge < -0.3 is 10.1 Å². The monoisotopic (exact) mass is 256 g/mol. The highest BCUT2D eigenvalue weighted by atomic mass is 32.1. The summed E-state index contributed by atoms with van der Waals surface area (Å²) in [5, 5.41) is 4.98. The highest BCUT2D eigenvalue weighted by Gasteiger charge is 2.13. The van der Waals surface area contributed by atoms with Gasteiger partial charge in [0, 0.05) is 11.3 Å². The molecule has 1 unspecified atom stereocenters. The number of esters is 1. The first-order valence-corrected chi connectivity index (χ1v) is 6.26. The van der Waals surface area contributed by atoms with E-state index in [-0.39, 0.29) is 24.2 Å². The van der Waals surface area contributed by atoms with Crippen LogP contribution in [0.1, 0.15) is 26.0 Å². The molecule has 1 amide bonds. The summed E-state index contributed by atoms with van der Waals surface area (Å²) in [5.74, 6) is -0.426. The molecule has 5 nitrogen and oxygen atoms in total. The maximum absolute atomic E-state index is 11.6. The first kappa shape index (κ1) is 13.6. The number of carbonyl (C=O) groups excluding carboxylic acids is 2. The van der Waals surface area contributed by atoms with Crippen LogP contribution in [0.4, 0.5) is 5.13 Å². The van der Waals surface area contributed by atoms with Gasteiger partial charge in [0.15, 0.2) is 5.13 Å². The lowest BCUT2D eigenvalue weighted by Crippen LogP contribution is -2.19. The van der Waals surface area contributed by atoms with Gasteiger partial charge in [0.05, 0.1) is 19.2 Å². The second-order valence-corrected chi connectivity index (χ2v) is 4.55. The number of nitrogens with zero attached hydrogens (tertiary/aromatic N) is 1. The smallest absolute Gasteiger partial charge is 0.311 e. The van der Waals surface area contributed by atoms with Gasteiger partial charge in [-0.2, -0.15) is 0 Å². The van der Waals surface area contributed by atoms with Crippen LogP contribution < -0.4 is 5.32 Å². The van der Waals surface area contributed by atoms with Gasteiger partial charge in [-0.1, -0.05) is 13.8 Å². The molecular formula is C11H16N2O3S. The molecule has 0 aliphatic heterocycles. The highest BCUT2D eigenvalue weighted by molar-refractivity contribution is 7.13. The summed E-state index contributed by atoms with van der Waals surface area (Å²) in [6.45, 7) is 3.81. The molecule has 0 saturated heterocycles. The van der Waals surface area contributed by atoms with Gasteiger partial charge in [0.2, 0.25) is 5.91 Å². The molecule has 17 heavy (non-hydrogen) atoms. The molecule has 0 aliphatic rings. The van der Waals surface area contributed by atoms with E-state index in [0.29, 0.717) is 10.8 Å². The third-order valence-corrected chi connectivity index (χ3v) is 3.20. The number of hydrogen-bond acceptors (Lipinski definition) is 5. The van der Waals surface area contributed by atoms with Crippen LogP contribution in [0.5, 0.6) is 0 Å². The number of thiazole rings is 1. The molecule has 0 bridgehead atoms. The molecular weight excluding hydrogens is 240 g/mol. The van der Waals surface area contributed by atoms with E-state index in [0.717, 1.165) is 6.42 Å². The van der Waals surface area contributed by atoms with Gasteiger partial charge in [-0.15, -0.1) is 11.3 Å². The van der Waals surface area contributed by atoms with Crippen molar-refractivity contribution in [1.29, 1.82) is 0 Å². The van der Waals surface area contributed by atoms with Crippen molar-refractivity contribution >= 4 is 28.3 Å². The molecule has 1 N–H and O–H groups in total. The average molecular weight is 256 g/mol. The van der Waals surface area contributed by atoms with Gasteiger partial charge in [-0.05, 0) is 6.42 Å². The number of amides is 1. The zero-order chi connectivity index (χ0) is 12.8. The molecule has 1 aromatic heterocycles. The first-order valence-electron chi connectivity index (χ1n) is 5.38. The zero-order valence-electron chi connectivity index (χ0n) is 10.1. The minimum Gasteiger partial charge on any atom is -0.469 e. The SMILES string of the molecule is CCC(C)C(=O)Nc1nc(CC(=O)OC)cs1. The molecule has 0 fully saturated rings. The van der Waals surface area contributed by atoms with Crippen LogP contribution in [0, 0.1) is 5.92 Å².